The number of rotatable bonds is 5. The molecule has 0 aliphatic rings. The lowest BCUT2D eigenvalue weighted by molar-refractivity contribution is -0.385. The van der Waals surface area contributed by atoms with E-state index in [0.29, 0.717) is 21.6 Å². The van der Waals surface area contributed by atoms with Crippen molar-refractivity contribution < 1.29 is 9.72 Å². The van der Waals surface area contributed by atoms with Crippen molar-refractivity contribution in [1.82, 2.24) is 19.7 Å². The smallest absolute Gasteiger partial charge is 0.288 e. The normalized spacial score (nSPS) is 10.5. The second-order valence-electron chi connectivity index (χ2n) is 4.97. The molecule has 0 atom stereocenters. The summed E-state index contributed by atoms with van der Waals surface area (Å²) in [6, 6.07) is 2.56. The molecule has 0 unspecified atom stereocenters. The van der Waals surface area contributed by atoms with Gasteiger partial charge in [0.25, 0.3) is 11.6 Å². The SMILES string of the molecule is NC(=O)c1cc([N+](=O)[O-])cnc1Nc1cnn(-c2ncc(Cl)cc2Cl)c1. The van der Waals surface area contributed by atoms with Crippen molar-refractivity contribution in [1.29, 1.82) is 0 Å². The van der Waals surface area contributed by atoms with E-state index in [1.807, 2.05) is 0 Å². The van der Waals surface area contributed by atoms with Crippen LogP contribution in [0.1, 0.15) is 10.4 Å². The van der Waals surface area contributed by atoms with Crippen LogP contribution in [0.2, 0.25) is 10.0 Å². The van der Waals surface area contributed by atoms with Crippen LogP contribution < -0.4 is 11.1 Å². The molecule has 12 heteroatoms. The van der Waals surface area contributed by atoms with Gasteiger partial charge in [0, 0.05) is 12.3 Å². The highest BCUT2D eigenvalue weighted by Gasteiger charge is 2.17. The Morgan fingerprint density at radius 3 is 2.65 bits per heavy atom. The Hall–Kier alpha value is -3.24. The van der Waals surface area contributed by atoms with Gasteiger partial charge in [0.1, 0.15) is 12.0 Å². The lowest BCUT2D eigenvalue weighted by Gasteiger charge is -2.07. The highest BCUT2D eigenvalue weighted by Crippen LogP contribution is 2.25. The fourth-order valence-corrected chi connectivity index (χ4v) is 2.52. The third kappa shape index (κ3) is 3.55. The Kier molecular flexibility index (Phi) is 4.69. The van der Waals surface area contributed by atoms with E-state index in [-0.39, 0.29) is 17.1 Å². The zero-order valence-corrected chi connectivity index (χ0v) is 14.3. The van der Waals surface area contributed by atoms with Crippen molar-refractivity contribution in [3.05, 3.63) is 62.6 Å². The van der Waals surface area contributed by atoms with Crippen LogP contribution in [0.5, 0.6) is 0 Å². The van der Waals surface area contributed by atoms with E-state index in [9.17, 15) is 14.9 Å². The number of halogens is 2. The molecule has 3 heterocycles. The molecule has 132 valence electrons. The Bertz CT molecular complexity index is 1020. The highest BCUT2D eigenvalue weighted by atomic mass is 35.5. The van der Waals surface area contributed by atoms with Crippen molar-refractivity contribution in [2.75, 3.05) is 5.32 Å². The minimum Gasteiger partial charge on any atom is -0.365 e. The number of nitrogens with zero attached hydrogens (tertiary/aromatic N) is 5. The number of anilines is 2. The predicted octanol–water partition coefficient (Wildman–Crippen LogP) is 2.72. The third-order valence-corrected chi connectivity index (χ3v) is 3.69. The van der Waals surface area contributed by atoms with Gasteiger partial charge >= 0.3 is 0 Å². The number of nitrogens with one attached hydrogen (secondary N) is 1. The number of pyridine rings is 2. The number of carbonyl (C=O) groups excluding carboxylic acids is 1. The van der Waals surface area contributed by atoms with Crippen LogP contribution >= 0.6 is 23.2 Å². The molecule has 0 radical (unpaired) electrons. The van der Waals surface area contributed by atoms with E-state index in [0.717, 1.165) is 12.3 Å². The molecule has 3 N–H and O–H groups in total. The van der Waals surface area contributed by atoms with Crippen LogP contribution in [0.4, 0.5) is 17.2 Å². The summed E-state index contributed by atoms with van der Waals surface area (Å²) in [5.41, 5.74) is 5.22. The first-order valence-electron chi connectivity index (χ1n) is 6.92. The molecule has 10 nitrogen and oxygen atoms in total. The Morgan fingerprint density at radius 2 is 2.00 bits per heavy atom. The molecule has 0 aliphatic carbocycles. The summed E-state index contributed by atoms with van der Waals surface area (Å²) in [7, 11) is 0. The molecule has 0 bridgehead atoms. The largest absolute Gasteiger partial charge is 0.365 e. The zero-order chi connectivity index (χ0) is 18.8. The fraction of sp³-hybridized carbons (Fsp3) is 0. The second kappa shape index (κ2) is 6.94. The number of primary amides is 1. The highest BCUT2D eigenvalue weighted by molar-refractivity contribution is 6.35. The number of aromatic nitrogens is 4. The van der Waals surface area contributed by atoms with E-state index < -0.39 is 10.8 Å². The maximum Gasteiger partial charge on any atom is 0.288 e. The first kappa shape index (κ1) is 17.6. The van der Waals surface area contributed by atoms with Crippen molar-refractivity contribution in [3.8, 4) is 5.82 Å². The number of amides is 1. The first-order valence-corrected chi connectivity index (χ1v) is 7.68. The van der Waals surface area contributed by atoms with E-state index in [4.69, 9.17) is 28.9 Å². The van der Waals surface area contributed by atoms with Gasteiger partial charge in [-0.15, -0.1) is 0 Å². The van der Waals surface area contributed by atoms with Crippen molar-refractivity contribution in [2.45, 2.75) is 0 Å². The van der Waals surface area contributed by atoms with Crippen molar-refractivity contribution >= 4 is 46.3 Å². The topological polar surface area (TPSA) is 142 Å². The fourth-order valence-electron chi connectivity index (χ4n) is 2.06. The summed E-state index contributed by atoms with van der Waals surface area (Å²) in [4.78, 5) is 29.7. The van der Waals surface area contributed by atoms with Crippen molar-refractivity contribution in [3.63, 3.8) is 0 Å². The van der Waals surface area contributed by atoms with E-state index in [1.54, 1.807) is 0 Å². The molecule has 0 fully saturated rings. The lowest BCUT2D eigenvalue weighted by Crippen LogP contribution is -2.14. The monoisotopic (exact) mass is 393 g/mol. The summed E-state index contributed by atoms with van der Waals surface area (Å²) in [6.45, 7) is 0. The van der Waals surface area contributed by atoms with Gasteiger partial charge in [0.05, 0.1) is 38.6 Å². The maximum atomic E-state index is 11.5. The molecule has 0 saturated heterocycles. The summed E-state index contributed by atoms with van der Waals surface area (Å²) in [5, 5.41) is 18.4. The van der Waals surface area contributed by atoms with Gasteiger partial charge in [0.15, 0.2) is 5.82 Å². The van der Waals surface area contributed by atoms with Crippen LogP contribution in [0.15, 0.2) is 36.9 Å². The lowest BCUT2D eigenvalue weighted by atomic mass is 10.2. The van der Waals surface area contributed by atoms with Gasteiger partial charge in [0.2, 0.25) is 0 Å². The maximum absolute atomic E-state index is 11.5. The first-order chi connectivity index (χ1) is 12.3. The van der Waals surface area contributed by atoms with E-state index >= 15 is 0 Å². The summed E-state index contributed by atoms with van der Waals surface area (Å²) < 4.78 is 1.39. The molecule has 0 aliphatic heterocycles. The standard InChI is InChI=1S/C14H9Cl2N7O3/c15-7-1-11(16)14(19-3-7)22-6-8(4-20-22)21-13-10(12(17)24)2-9(5-18-13)23(25)26/h1-6H,(H2,17,24)(H,18,21). The van der Waals surface area contributed by atoms with Crippen LogP contribution in [0.3, 0.4) is 0 Å². The predicted molar refractivity (Wildman–Crippen MR) is 94.1 cm³/mol. The molecular formula is C14H9Cl2N7O3. The Labute approximate surface area is 155 Å². The Balaban J connectivity index is 1.92. The molecule has 3 aromatic heterocycles. The van der Waals surface area contributed by atoms with Gasteiger partial charge in [-0.2, -0.15) is 5.10 Å². The molecule has 0 aromatic carbocycles. The average Bonchev–Trinajstić information content (AvgIpc) is 3.03. The van der Waals surface area contributed by atoms with Crippen LogP contribution in [0, 0.1) is 10.1 Å². The van der Waals surface area contributed by atoms with Crippen LogP contribution in [-0.4, -0.2) is 30.6 Å². The molecule has 26 heavy (non-hydrogen) atoms. The molecule has 0 saturated carbocycles. The summed E-state index contributed by atoms with van der Waals surface area (Å²) >= 11 is 11.9. The van der Waals surface area contributed by atoms with Gasteiger partial charge in [-0.25, -0.2) is 14.6 Å². The van der Waals surface area contributed by atoms with Gasteiger partial charge < -0.3 is 11.1 Å². The molecule has 3 aromatic rings. The minimum absolute atomic E-state index is 0.0535. The van der Waals surface area contributed by atoms with E-state index in [2.05, 4.69) is 20.4 Å². The van der Waals surface area contributed by atoms with E-state index in [1.165, 1.54) is 29.3 Å². The van der Waals surface area contributed by atoms with Gasteiger partial charge in [-0.3, -0.25) is 14.9 Å². The summed E-state index contributed by atoms with van der Waals surface area (Å²) in [5.74, 6) is -0.466. The van der Waals surface area contributed by atoms with Crippen molar-refractivity contribution in [2.24, 2.45) is 5.73 Å². The molecule has 0 spiro atoms. The minimum atomic E-state index is -0.862. The quantitative estimate of drug-likeness (QED) is 0.500. The van der Waals surface area contributed by atoms with Gasteiger partial charge in [-0.1, -0.05) is 23.2 Å². The number of nitro groups is 1. The van der Waals surface area contributed by atoms with Crippen LogP contribution in [0.25, 0.3) is 5.82 Å². The van der Waals surface area contributed by atoms with Crippen LogP contribution in [-0.2, 0) is 0 Å². The summed E-state index contributed by atoms with van der Waals surface area (Å²) in [6.07, 6.45) is 5.40. The number of nitrogens with two attached hydrogens (primary N) is 1. The number of hydrogen-bond acceptors (Lipinski definition) is 7. The average molecular weight is 394 g/mol. The number of hydrogen-bond donors (Lipinski definition) is 2. The second-order valence-corrected chi connectivity index (χ2v) is 5.81. The Morgan fingerprint density at radius 1 is 1.23 bits per heavy atom. The van der Waals surface area contributed by atoms with Gasteiger partial charge in [-0.05, 0) is 6.07 Å². The molecule has 1 amide bonds. The number of carbonyl (C=O) groups is 1. The zero-order valence-electron chi connectivity index (χ0n) is 12.8. The molecular weight excluding hydrogens is 385 g/mol. The third-order valence-electron chi connectivity index (χ3n) is 3.20. The molecule has 3 rings (SSSR count).